The lowest BCUT2D eigenvalue weighted by Gasteiger charge is -2.31. The molecule has 0 aromatic heterocycles. The Morgan fingerprint density at radius 1 is 1.25 bits per heavy atom. The third kappa shape index (κ3) is 3.15. The van der Waals surface area contributed by atoms with Gasteiger partial charge in [-0.3, -0.25) is 0 Å². The average Bonchev–Trinajstić information content (AvgIpc) is 2.95. The van der Waals surface area contributed by atoms with E-state index in [0.717, 1.165) is 31.7 Å². The normalized spacial score (nSPS) is 25.2. The Balaban J connectivity index is 1.49. The molecule has 2 atom stereocenters. The second-order valence-corrected chi connectivity index (χ2v) is 6.08. The third-order valence-corrected chi connectivity index (χ3v) is 4.72. The highest BCUT2D eigenvalue weighted by atomic mass is 16.5. The molecule has 3 rings (SSSR count). The summed E-state index contributed by atoms with van der Waals surface area (Å²) in [5.41, 5.74) is 2.74. The summed E-state index contributed by atoms with van der Waals surface area (Å²) in [6.45, 7) is 2.16. The molecule has 2 aliphatic rings. The van der Waals surface area contributed by atoms with Crippen LogP contribution >= 0.6 is 0 Å². The lowest BCUT2D eigenvalue weighted by molar-refractivity contribution is 0.153. The number of fused-ring (bicyclic) bond motifs is 1. The highest BCUT2D eigenvalue weighted by molar-refractivity contribution is 5.39. The third-order valence-electron chi connectivity index (χ3n) is 4.72. The Hall–Kier alpha value is -1.06. The van der Waals surface area contributed by atoms with Crippen LogP contribution in [-0.2, 0) is 12.8 Å². The van der Waals surface area contributed by atoms with Crippen molar-refractivity contribution >= 4 is 0 Å². The average molecular weight is 275 g/mol. The number of nitrogens with one attached hydrogen (secondary N) is 1. The van der Waals surface area contributed by atoms with Crippen LogP contribution in [-0.4, -0.2) is 30.9 Å². The second kappa shape index (κ2) is 6.59. The minimum absolute atomic E-state index is 0.327. The number of benzene rings is 1. The number of aliphatic hydroxyl groups is 1. The molecule has 0 spiro atoms. The highest BCUT2D eigenvalue weighted by Crippen LogP contribution is 2.26. The van der Waals surface area contributed by atoms with E-state index < -0.39 is 0 Å². The molecule has 20 heavy (non-hydrogen) atoms. The topological polar surface area (TPSA) is 41.5 Å². The zero-order valence-corrected chi connectivity index (χ0v) is 12.1. The Kier molecular flexibility index (Phi) is 4.58. The fraction of sp³-hybridized carbons (Fsp3) is 0.647. The summed E-state index contributed by atoms with van der Waals surface area (Å²) in [6.07, 6.45) is 7.06. The number of ether oxygens (including phenoxy) is 1. The highest BCUT2D eigenvalue weighted by Gasteiger charge is 2.23. The fourth-order valence-corrected chi connectivity index (χ4v) is 3.49. The molecule has 2 unspecified atom stereocenters. The molecule has 1 aromatic rings. The maximum Gasteiger partial charge on any atom is 0.122 e. The Morgan fingerprint density at radius 3 is 3.05 bits per heavy atom. The van der Waals surface area contributed by atoms with Crippen molar-refractivity contribution in [3.05, 3.63) is 29.3 Å². The van der Waals surface area contributed by atoms with E-state index in [2.05, 4.69) is 23.5 Å². The van der Waals surface area contributed by atoms with Crippen molar-refractivity contribution in [3.8, 4) is 5.75 Å². The van der Waals surface area contributed by atoms with Gasteiger partial charge in [0.15, 0.2) is 0 Å². The van der Waals surface area contributed by atoms with Crippen molar-refractivity contribution in [2.24, 2.45) is 5.92 Å². The van der Waals surface area contributed by atoms with E-state index in [-0.39, 0.29) is 0 Å². The van der Waals surface area contributed by atoms with Gasteiger partial charge in [0.05, 0.1) is 6.61 Å². The summed E-state index contributed by atoms with van der Waals surface area (Å²) in [5.74, 6) is 1.52. The van der Waals surface area contributed by atoms with Gasteiger partial charge in [-0.25, -0.2) is 0 Å². The Bertz CT molecular complexity index is 447. The van der Waals surface area contributed by atoms with Crippen LogP contribution in [0.4, 0.5) is 0 Å². The van der Waals surface area contributed by atoms with Crippen molar-refractivity contribution in [2.75, 3.05) is 19.8 Å². The van der Waals surface area contributed by atoms with Gasteiger partial charge in [-0.1, -0.05) is 25.0 Å². The standard InChI is InChI=1S/C17H25NO2/c19-12-15-3-1-2-4-16(15)18-9-7-13-5-6-17-14(11-13)8-10-20-17/h5-6,11,15-16,18-19H,1-4,7-10,12H2. The lowest BCUT2D eigenvalue weighted by atomic mass is 9.85. The first-order chi connectivity index (χ1) is 9.86. The molecule has 110 valence electrons. The monoisotopic (exact) mass is 275 g/mol. The summed E-state index contributed by atoms with van der Waals surface area (Å²) in [4.78, 5) is 0. The van der Waals surface area contributed by atoms with E-state index in [1.165, 1.54) is 36.8 Å². The molecule has 0 saturated heterocycles. The predicted molar refractivity (Wildman–Crippen MR) is 80.2 cm³/mol. The van der Waals surface area contributed by atoms with E-state index >= 15 is 0 Å². The predicted octanol–water partition coefficient (Wildman–Crippen LogP) is 2.30. The van der Waals surface area contributed by atoms with Crippen LogP contribution in [0.3, 0.4) is 0 Å². The smallest absolute Gasteiger partial charge is 0.122 e. The Labute approximate surface area is 121 Å². The van der Waals surface area contributed by atoms with Crippen LogP contribution in [0.5, 0.6) is 5.75 Å². The SMILES string of the molecule is OCC1CCCCC1NCCc1ccc2c(c1)CCO2. The molecule has 1 aromatic carbocycles. The van der Waals surface area contributed by atoms with E-state index in [4.69, 9.17) is 4.74 Å². The summed E-state index contributed by atoms with van der Waals surface area (Å²) >= 11 is 0. The summed E-state index contributed by atoms with van der Waals surface area (Å²) < 4.78 is 5.54. The van der Waals surface area contributed by atoms with Crippen molar-refractivity contribution in [3.63, 3.8) is 0 Å². The largest absolute Gasteiger partial charge is 0.493 e. The van der Waals surface area contributed by atoms with E-state index in [9.17, 15) is 5.11 Å². The number of aliphatic hydroxyl groups excluding tert-OH is 1. The molecular formula is C17H25NO2. The minimum atomic E-state index is 0.327. The molecule has 2 N–H and O–H groups in total. The van der Waals surface area contributed by atoms with Gasteiger partial charge in [0.25, 0.3) is 0 Å². The molecular weight excluding hydrogens is 250 g/mol. The van der Waals surface area contributed by atoms with Crippen LogP contribution in [0.15, 0.2) is 18.2 Å². The van der Waals surface area contributed by atoms with Gasteiger partial charge in [-0.2, -0.15) is 0 Å². The fourth-order valence-electron chi connectivity index (χ4n) is 3.49. The molecule has 0 amide bonds. The van der Waals surface area contributed by atoms with Crippen LogP contribution in [0.25, 0.3) is 0 Å². The minimum Gasteiger partial charge on any atom is -0.493 e. The van der Waals surface area contributed by atoms with Crippen molar-refractivity contribution in [1.82, 2.24) is 5.32 Å². The van der Waals surface area contributed by atoms with Crippen molar-refractivity contribution in [1.29, 1.82) is 0 Å². The molecule has 1 aliphatic heterocycles. The molecule has 1 heterocycles. The van der Waals surface area contributed by atoms with Gasteiger partial charge in [0.1, 0.15) is 5.75 Å². The maximum absolute atomic E-state index is 9.43. The second-order valence-electron chi connectivity index (χ2n) is 6.08. The first-order valence-electron chi connectivity index (χ1n) is 7.95. The number of rotatable bonds is 5. The molecule has 3 heteroatoms. The molecule has 1 fully saturated rings. The van der Waals surface area contributed by atoms with Gasteiger partial charge in [0, 0.05) is 19.1 Å². The maximum atomic E-state index is 9.43. The zero-order valence-electron chi connectivity index (χ0n) is 12.1. The van der Waals surface area contributed by atoms with Gasteiger partial charge in [-0.05, 0) is 48.9 Å². The van der Waals surface area contributed by atoms with Gasteiger partial charge >= 0.3 is 0 Å². The zero-order chi connectivity index (χ0) is 13.8. The summed E-state index contributed by atoms with van der Waals surface area (Å²) in [7, 11) is 0. The summed E-state index contributed by atoms with van der Waals surface area (Å²) in [6, 6.07) is 7.07. The van der Waals surface area contributed by atoms with E-state index in [1.807, 2.05) is 0 Å². The Morgan fingerprint density at radius 2 is 2.15 bits per heavy atom. The van der Waals surface area contributed by atoms with Crippen molar-refractivity contribution in [2.45, 2.75) is 44.6 Å². The lowest BCUT2D eigenvalue weighted by Crippen LogP contribution is -2.41. The number of hydrogen-bond donors (Lipinski definition) is 2. The van der Waals surface area contributed by atoms with Crippen LogP contribution < -0.4 is 10.1 Å². The van der Waals surface area contributed by atoms with E-state index in [0.29, 0.717) is 18.6 Å². The van der Waals surface area contributed by atoms with Gasteiger partial charge in [0.2, 0.25) is 0 Å². The quantitative estimate of drug-likeness (QED) is 0.866. The molecule has 3 nitrogen and oxygen atoms in total. The van der Waals surface area contributed by atoms with Gasteiger partial charge in [-0.15, -0.1) is 0 Å². The first kappa shape index (κ1) is 13.9. The van der Waals surface area contributed by atoms with E-state index in [1.54, 1.807) is 0 Å². The first-order valence-corrected chi connectivity index (χ1v) is 7.95. The molecule has 1 saturated carbocycles. The van der Waals surface area contributed by atoms with Gasteiger partial charge < -0.3 is 15.2 Å². The van der Waals surface area contributed by atoms with Crippen molar-refractivity contribution < 1.29 is 9.84 Å². The van der Waals surface area contributed by atoms with Crippen LogP contribution in [0.1, 0.15) is 36.8 Å². The van der Waals surface area contributed by atoms with Crippen LogP contribution in [0.2, 0.25) is 0 Å². The molecule has 0 radical (unpaired) electrons. The summed E-state index contributed by atoms with van der Waals surface area (Å²) in [5, 5.41) is 13.1. The number of hydrogen-bond acceptors (Lipinski definition) is 3. The molecule has 1 aliphatic carbocycles. The van der Waals surface area contributed by atoms with Crippen LogP contribution in [0, 0.1) is 5.92 Å². The molecule has 0 bridgehead atoms.